The summed E-state index contributed by atoms with van der Waals surface area (Å²) < 4.78 is 17.5. The Morgan fingerprint density at radius 3 is 1.68 bits per heavy atom. The van der Waals surface area contributed by atoms with Crippen molar-refractivity contribution in [3.05, 3.63) is 48.0 Å². The van der Waals surface area contributed by atoms with Crippen LogP contribution in [0, 0.1) is 0 Å². The van der Waals surface area contributed by atoms with Crippen molar-refractivity contribution in [1.29, 1.82) is 0 Å². The number of carbonyl (C=O) groups excluding carboxylic acids is 2. The van der Waals surface area contributed by atoms with Crippen LogP contribution in [0.2, 0.25) is 0 Å². The summed E-state index contributed by atoms with van der Waals surface area (Å²) in [4.78, 5) is 26.7. The number of aliphatic hydroxyl groups excluding tert-OH is 4. The zero-order valence-electron chi connectivity index (χ0n) is 35.7. The number of ether oxygens (including phenoxy) is 3. The molecule has 57 heavy (non-hydrogen) atoms. The Balaban J connectivity index is 2.00. The van der Waals surface area contributed by atoms with Gasteiger partial charge in [0.2, 0.25) is 5.91 Å². The highest BCUT2D eigenvalue weighted by atomic mass is 16.7. The molecule has 1 heterocycles. The third-order valence-corrected chi connectivity index (χ3v) is 11.1. The van der Waals surface area contributed by atoms with Gasteiger partial charge >= 0.3 is 5.97 Å². The highest BCUT2D eigenvalue weighted by Gasteiger charge is 2.44. The molecule has 328 valence electrons. The van der Waals surface area contributed by atoms with Crippen LogP contribution in [0.4, 0.5) is 0 Å². The molecule has 5 N–H and O–H groups in total. The number of amides is 1. The number of esters is 1. The lowest BCUT2D eigenvalue weighted by atomic mass is 9.99. The number of carbonyl (C=O) groups is 2. The van der Waals surface area contributed by atoms with Crippen molar-refractivity contribution in [2.75, 3.05) is 13.2 Å². The van der Waals surface area contributed by atoms with E-state index in [9.17, 15) is 30.0 Å². The van der Waals surface area contributed by atoms with Crippen molar-refractivity contribution in [1.82, 2.24) is 5.32 Å². The lowest BCUT2D eigenvalue weighted by Crippen LogP contribution is -2.60. The largest absolute Gasteiger partial charge is 0.452 e. The molecule has 1 aromatic rings. The summed E-state index contributed by atoms with van der Waals surface area (Å²) in [6.07, 6.45) is 26.0. The van der Waals surface area contributed by atoms with E-state index in [0.29, 0.717) is 12.0 Å². The maximum atomic E-state index is 13.4. The summed E-state index contributed by atoms with van der Waals surface area (Å²) in [6.45, 7) is 3.66. The van der Waals surface area contributed by atoms with Crippen LogP contribution in [0.25, 0.3) is 0 Å². The average molecular weight is 804 g/mol. The lowest BCUT2D eigenvalue weighted by molar-refractivity contribution is -0.302. The molecule has 10 nitrogen and oxygen atoms in total. The molecule has 7 atom stereocenters. The molecule has 0 aromatic heterocycles. The van der Waals surface area contributed by atoms with E-state index in [1.54, 1.807) is 30.3 Å². The van der Waals surface area contributed by atoms with Crippen LogP contribution >= 0.6 is 0 Å². The molecule has 0 bridgehead atoms. The van der Waals surface area contributed by atoms with Gasteiger partial charge in [-0.25, -0.2) is 4.79 Å². The van der Waals surface area contributed by atoms with Gasteiger partial charge in [-0.2, -0.15) is 0 Å². The van der Waals surface area contributed by atoms with Gasteiger partial charge in [-0.05, 0) is 37.5 Å². The van der Waals surface area contributed by atoms with Crippen molar-refractivity contribution >= 4 is 11.9 Å². The number of rotatable bonds is 35. The standard InChI is InChI=1S/C47H81NO9/c1-3-5-7-9-11-13-15-17-19-21-23-25-30-34-40(56-46(54)38-32-28-27-29-33-38)39(37-55-47-45(53)44(52)43(51)41(36-49)57-47)48-42(50)35-31-26-24-22-20-18-16-14-12-10-8-6-4-2/h27-30,32-34,39-41,43-45,47,49,51-53H,3-26,31,35-37H2,1-2H3,(H,48,50)/t39-,40+,41+,43-,44-,45+,47-/m0/s1. The molecule has 0 spiro atoms. The van der Waals surface area contributed by atoms with E-state index in [4.69, 9.17) is 14.2 Å². The van der Waals surface area contributed by atoms with Gasteiger partial charge in [-0.1, -0.05) is 179 Å². The van der Waals surface area contributed by atoms with Gasteiger partial charge in [0.25, 0.3) is 0 Å². The van der Waals surface area contributed by atoms with Gasteiger partial charge in [-0.3, -0.25) is 4.79 Å². The summed E-state index contributed by atoms with van der Waals surface area (Å²) in [5.41, 5.74) is 0.369. The second-order valence-corrected chi connectivity index (χ2v) is 16.2. The minimum atomic E-state index is -1.61. The second kappa shape index (κ2) is 33.5. The zero-order chi connectivity index (χ0) is 41.4. The molecule has 0 unspecified atom stereocenters. The Kier molecular flexibility index (Phi) is 29.8. The number of nitrogens with one attached hydrogen (secondary N) is 1. The Morgan fingerprint density at radius 2 is 1.18 bits per heavy atom. The number of benzene rings is 1. The van der Waals surface area contributed by atoms with Crippen LogP contribution in [0.15, 0.2) is 42.5 Å². The quantitative estimate of drug-likeness (QED) is 0.0257. The maximum Gasteiger partial charge on any atom is 0.338 e. The van der Waals surface area contributed by atoms with E-state index in [0.717, 1.165) is 44.9 Å². The third kappa shape index (κ3) is 23.1. The van der Waals surface area contributed by atoms with Gasteiger partial charge in [0.05, 0.1) is 24.8 Å². The third-order valence-electron chi connectivity index (χ3n) is 11.1. The maximum absolute atomic E-state index is 13.4. The Morgan fingerprint density at radius 1 is 0.684 bits per heavy atom. The summed E-state index contributed by atoms with van der Waals surface area (Å²) >= 11 is 0. The van der Waals surface area contributed by atoms with Gasteiger partial charge < -0.3 is 40.0 Å². The molecule has 1 amide bonds. The van der Waals surface area contributed by atoms with E-state index in [1.165, 1.54) is 116 Å². The molecular weight excluding hydrogens is 723 g/mol. The minimum Gasteiger partial charge on any atom is -0.452 e. The molecule has 1 aromatic carbocycles. The lowest BCUT2D eigenvalue weighted by Gasteiger charge is -2.40. The van der Waals surface area contributed by atoms with Crippen LogP contribution in [-0.4, -0.2) is 88.4 Å². The molecule has 0 radical (unpaired) electrons. The van der Waals surface area contributed by atoms with Gasteiger partial charge in [0.1, 0.15) is 30.5 Å². The first-order valence-electron chi connectivity index (χ1n) is 23.0. The topological polar surface area (TPSA) is 155 Å². The van der Waals surface area contributed by atoms with E-state index in [2.05, 4.69) is 19.2 Å². The van der Waals surface area contributed by atoms with E-state index >= 15 is 0 Å². The monoisotopic (exact) mass is 804 g/mol. The molecule has 1 aliphatic rings. The van der Waals surface area contributed by atoms with Crippen molar-refractivity contribution in [3.63, 3.8) is 0 Å². The fraction of sp³-hybridized carbons (Fsp3) is 0.787. The van der Waals surface area contributed by atoms with Gasteiger partial charge in [-0.15, -0.1) is 0 Å². The predicted octanol–water partition coefficient (Wildman–Crippen LogP) is 9.25. The summed E-state index contributed by atoms with van der Waals surface area (Å²) in [7, 11) is 0. The Bertz CT molecular complexity index is 1150. The van der Waals surface area contributed by atoms with E-state index in [1.807, 2.05) is 12.1 Å². The highest BCUT2D eigenvalue weighted by molar-refractivity contribution is 5.89. The number of hydrogen-bond donors (Lipinski definition) is 5. The van der Waals surface area contributed by atoms with Crippen LogP contribution in [0.5, 0.6) is 0 Å². The molecule has 0 aliphatic carbocycles. The normalized spacial score (nSPS) is 20.8. The molecule has 10 heteroatoms. The zero-order valence-corrected chi connectivity index (χ0v) is 35.7. The first-order chi connectivity index (χ1) is 27.8. The number of aliphatic hydroxyl groups is 4. The number of hydrogen-bond acceptors (Lipinski definition) is 9. The molecule has 0 saturated carbocycles. The fourth-order valence-corrected chi connectivity index (χ4v) is 7.38. The fourth-order valence-electron chi connectivity index (χ4n) is 7.38. The first-order valence-corrected chi connectivity index (χ1v) is 23.0. The van der Waals surface area contributed by atoms with Crippen LogP contribution in [0.1, 0.15) is 191 Å². The minimum absolute atomic E-state index is 0.208. The number of allylic oxidation sites excluding steroid dienone is 1. The molecule has 2 rings (SSSR count). The van der Waals surface area contributed by atoms with E-state index < -0.39 is 55.4 Å². The molecular formula is C47H81NO9. The average Bonchev–Trinajstić information content (AvgIpc) is 3.22. The molecule has 1 saturated heterocycles. The smallest absolute Gasteiger partial charge is 0.338 e. The van der Waals surface area contributed by atoms with E-state index in [-0.39, 0.29) is 12.5 Å². The Labute approximate surface area is 345 Å². The van der Waals surface area contributed by atoms with Crippen molar-refractivity contribution in [3.8, 4) is 0 Å². The molecule has 1 fully saturated rings. The summed E-state index contributed by atoms with van der Waals surface area (Å²) in [5, 5.41) is 44.0. The van der Waals surface area contributed by atoms with Crippen molar-refractivity contribution in [2.45, 2.75) is 224 Å². The highest BCUT2D eigenvalue weighted by Crippen LogP contribution is 2.23. The van der Waals surface area contributed by atoms with Crippen LogP contribution < -0.4 is 5.32 Å². The SMILES string of the molecule is CCCCCCCCCCCCCC=C[C@@H](OC(=O)c1ccccc1)[C@H](CO[C@H]1O[C@H](CO)[C@H](O)[C@H](O)[C@H]1O)NC(=O)CCCCCCCCCCCCCCC. The van der Waals surface area contributed by atoms with Crippen molar-refractivity contribution < 1.29 is 44.2 Å². The van der Waals surface area contributed by atoms with Gasteiger partial charge in [0.15, 0.2) is 6.29 Å². The Hall–Kier alpha value is -2.34. The first kappa shape index (κ1) is 50.8. The van der Waals surface area contributed by atoms with Crippen LogP contribution in [0.3, 0.4) is 0 Å². The summed E-state index contributed by atoms with van der Waals surface area (Å²) in [6, 6.07) is 7.81. The van der Waals surface area contributed by atoms with Gasteiger partial charge in [0, 0.05) is 6.42 Å². The van der Waals surface area contributed by atoms with Crippen molar-refractivity contribution in [2.24, 2.45) is 0 Å². The predicted molar refractivity (Wildman–Crippen MR) is 228 cm³/mol. The molecule has 1 aliphatic heterocycles. The van der Waals surface area contributed by atoms with Crippen LogP contribution in [-0.2, 0) is 19.0 Å². The second-order valence-electron chi connectivity index (χ2n) is 16.2. The summed E-state index contributed by atoms with van der Waals surface area (Å²) in [5.74, 6) is -0.761. The number of unbranched alkanes of at least 4 members (excludes halogenated alkanes) is 23.